The maximum absolute atomic E-state index is 13.3. The Morgan fingerprint density at radius 1 is 1.15 bits per heavy atom. The van der Waals surface area contributed by atoms with Gasteiger partial charge in [0.25, 0.3) is 0 Å². The monoisotopic (exact) mass is 404 g/mol. The van der Waals surface area contributed by atoms with Crippen LogP contribution in [0.25, 0.3) is 0 Å². The molecule has 0 bridgehead atoms. The van der Waals surface area contributed by atoms with Crippen LogP contribution in [0, 0.1) is 23.1 Å². The minimum Gasteiger partial charge on any atom is -0.206 e. The lowest BCUT2D eigenvalue weighted by atomic mass is 9.69. The first kappa shape index (κ1) is 16.5. The van der Waals surface area contributed by atoms with Gasteiger partial charge < -0.3 is 0 Å². The third-order valence-corrected chi connectivity index (χ3v) is 6.56. The van der Waals surface area contributed by atoms with Crippen LogP contribution in [-0.2, 0) is 0 Å². The van der Waals surface area contributed by atoms with Gasteiger partial charge in [-0.25, -0.2) is 4.39 Å². The molecule has 0 aliphatic heterocycles. The number of rotatable bonds is 2. The molecule has 1 aliphatic rings. The third-order valence-electron chi connectivity index (χ3n) is 4.67. The highest BCUT2D eigenvalue weighted by Crippen LogP contribution is 2.46. The molecule has 1 fully saturated rings. The average Bonchev–Trinajstić information content (AvgIpc) is 2.40. The van der Waals surface area contributed by atoms with Crippen LogP contribution >= 0.6 is 31.9 Å². The van der Waals surface area contributed by atoms with Crippen molar-refractivity contribution in [3.63, 3.8) is 0 Å². The largest absolute Gasteiger partial charge is 0.206 e. The summed E-state index contributed by atoms with van der Waals surface area (Å²) in [5.74, 6) is 1.30. The lowest BCUT2D eigenvalue weighted by molar-refractivity contribution is 0.149. The van der Waals surface area contributed by atoms with Crippen molar-refractivity contribution in [1.82, 2.24) is 0 Å². The van der Waals surface area contributed by atoms with E-state index in [1.807, 2.05) is 12.1 Å². The molecule has 0 radical (unpaired) electrons. The van der Waals surface area contributed by atoms with Gasteiger partial charge in [-0.1, -0.05) is 42.8 Å². The van der Waals surface area contributed by atoms with Gasteiger partial charge in [0.1, 0.15) is 5.82 Å². The number of halogens is 3. The molecule has 3 heteroatoms. The Morgan fingerprint density at radius 3 is 2.25 bits per heavy atom. The first-order chi connectivity index (χ1) is 9.29. The van der Waals surface area contributed by atoms with Crippen LogP contribution in [0.2, 0.25) is 0 Å². The normalized spacial score (nSPS) is 25.5. The molecule has 2 rings (SSSR count). The van der Waals surface area contributed by atoms with Gasteiger partial charge in [0.2, 0.25) is 0 Å². The summed E-state index contributed by atoms with van der Waals surface area (Å²) < 4.78 is 13.9. The van der Waals surface area contributed by atoms with E-state index in [2.05, 4.69) is 52.6 Å². The molecule has 0 saturated heterocycles. The average molecular weight is 406 g/mol. The minimum absolute atomic E-state index is 0.190. The van der Waals surface area contributed by atoms with Crippen molar-refractivity contribution in [2.75, 3.05) is 0 Å². The Kier molecular flexibility index (Phi) is 5.34. The predicted octanol–water partition coefficient (Wildman–Crippen LogP) is 6.88. The maximum Gasteiger partial charge on any atom is 0.137 e. The summed E-state index contributed by atoms with van der Waals surface area (Å²) in [4.78, 5) is 0.334. The highest BCUT2D eigenvalue weighted by molar-refractivity contribution is 9.10. The van der Waals surface area contributed by atoms with Crippen LogP contribution in [0.15, 0.2) is 22.7 Å². The summed E-state index contributed by atoms with van der Waals surface area (Å²) in [5, 5.41) is 0. The van der Waals surface area contributed by atoms with Crippen LogP contribution in [0.1, 0.15) is 56.8 Å². The van der Waals surface area contributed by atoms with E-state index < -0.39 is 0 Å². The SMILES string of the molecule is CC(C)(C)C1CCC(C(Br)c2ccc(F)c(Br)c2)CC1. The molecule has 1 aliphatic carbocycles. The standard InChI is InChI=1S/C17H23Br2F/c1-17(2,3)13-7-4-11(5-8-13)16(19)12-6-9-15(20)14(18)10-12/h6,9-11,13,16H,4-5,7-8H2,1-3H3. The summed E-state index contributed by atoms with van der Waals surface area (Å²) >= 11 is 7.11. The maximum atomic E-state index is 13.3. The second kappa shape index (κ2) is 6.48. The Balaban J connectivity index is 2.01. The topological polar surface area (TPSA) is 0 Å². The molecule has 20 heavy (non-hydrogen) atoms. The van der Waals surface area contributed by atoms with Gasteiger partial charge in [-0.15, -0.1) is 0 Å². The second-order valence-corrected chi connectivity index (χ2v) is 8.89. The summed E-state index contributed by atoms with van der Waals surface area (Å²) in [7, 11) is 0. The lowest BCUT2D eigenvalue weighted by Gasteiger charge is -2.38. The predicted molar refractivity (Wildman–Crippen MR) is 90.7 cm³/mol. The van der Waals surface area contributed by atoms with Gasteiger partial charge in [0.05, 0.1) is 4.47 Å². The zero-order chi connectivity index (χ0) is 14.9. The molecule has 0 aromatic heterocycles. The molecule has 1 aromatic rings. The summed E-state index contributed by atoms with van der Waals surface area (Å²) in [6.07, 6.45) is 5.12. The quantitative estimate of drug-likeness (QED) is 0.470. The van der Waals surface area contributed by atoms with Crippen LogP contribution < -0.4 is 0 Å². The highest BCUT2D eigenvalue weighted by atomic mass is 79.9. The summed E-state index contributed by atoms with van der Waals surface area (Å²) in [6.45, 7) is 7.04. The highest BCUT2D eigenvalue weighted by Gasteiger charge is 2.32. The molecule has 1 atom stereocenters. The van der Waals surface area contributed by atoms with Crippen molar-refractivity contribution >= 4 is 31.9 Å². The van der Waals surface area contributed by atoms with E-state index in [-0.39, 0.29) is 5.82 Å². The fourth-order valence-electron chi connectivity index (χ4n) is 3.23. The third kappa shape index (κ3) is 3.85. The van der Waals surface area contributed by atoms with Crippen LogP contribution in [0.4, 0.5) is 4.39 Å². The smallest absolute Gasteiger partial charge is 0.137 e. The number of hydrogen-bond donors (Lipinski definition) is 0. The van der Waals surface area contributed by atoms with E-state index in [9.17, 15) is 4.39 Å². The van der Waals surface area contributed by atoms with Gasteiger partial charge in [-0.2, -0.15) is 0 Å². The number of benzene rings is 1. The van der Waals surface area contributed by atoms with E-state index in [1.54, 1.807) is 6.07 Å². The number of alkyl halides is 1. The fraction of sp³-hybridized carbons (Fsp3) is 0.647. The Hall–Kier alpha value is 0.110. The van der Waals surface area contributed by atoms with Gasteiger partial charge in [0, 0.05) is 4.83 Å². The van der Waals surface area contributed by atoms with Crippen LogP contribution in [0.5, 0.6) is 0 Å². The van der Waals surface area contributed by atoms with Gasteiger partial charge in [-0.3, -0.25) is 0 Å². The molecular weight excluding hydrogens is 383 g/mol. The molecule has 0 N–H and O–H groups in total. The van der Waals surface area contributed by atoms with Gasteiger partial charge >= 0.3 is 0 Å². The summed E-state index contributed by atoms with van der Waals surface area (Å²) in [5.41, 5.74) is 1.60. The molecule has 0 spiro atoms. The second-order valence-electron chi connectivity index (χ2n) is 7.05. The fourth-order valence-corrected chi connectivity index (χ4v) is 4.44. The molecule has 1 saturated carbocycles. The molecule has 0 amide bonds. The van der Waals surface area contributed by atoms with Crippen molar-refractivity contribution in [3.05, 3.63) is 34.1 Å². The van der Waals surface area contributed by atoms with Crippen molar-refractivity contribution < 1.29 is 4.39 Å². The Morgan fingerprint density at radius 2 is 1.75 bits per heavy atom. The Labute approximate surface area is 138 Å². The van der Waals surface area contributed by atoms with Crippen molar-refractivity contribution in [2.45, 2.75) is 51.3 Å². The van der Waals surface area contributed by atoms with Gasteiger partial charge in [-0.05, 0) is 76.6 Å². The summed E-state index contributed by atoms with van der Waals surface area (Å²) in [6, 6.07) is 5.36. The van der Waals surface area contributed by atoms with E-state index in [4.69, 9.17) is 0 Å². The van der Waals surface area contributed by atoms with E-state index >= 15 is 0 Å². The minimum atomic E-state index is -0.190. The molecule has 112 valence electrons. The lowest BCUT2D eigenvalue weighted by Crippen LogP contribution is -2.27. The molecular formula is C17H23Br2F. The van der Waals surface area contributed by atoms with E-state index in [0.29, 0.717) is 20.6 Å². The van der Waals surface area contributed by atoms with Crippen molar-refractivity contribution in [2.24, 2.45) is 17.3 Å². The van der Waals surface area contributed by atoms with Crippen LogP contribution in [0.3, 0.4) is 0 Å². The first-order valence-electron chi connectivity index (χ1n) is 7.38. The van der Waals surface area contributed by atoms with Crippen molar-refractivity contribution in [1.29, 1.82) is 0 Å². The molecule has 0 nitrogen and oxygen atoms in total. The zero-order valence-corrected chi connectivity index (χ0v) is 15.6. The van der Waals surface area contributed by atoms with E-state index in [0.717, 1.165) is 5.92 Å². The molecule has 0 heterocycles. The van der Waals surface area contributed by atoms with E-state index in [1.165, 1.54) is 31.2 Å². The molecule has 1 unspecified atom stereocenters. The zero-order valence-electron chi connectivity index (χ0n) is 12.4. The number of hydrogen-bond acceptors (Lipinski definition) is 0. The molecule has 1 aromatic carbocycles. The van der Waals surface area contributed by atoms with Crippen molar-refractivity contribution in [3.8, 4) is 0 Å². The first-order valence-corrected chi connectivity index (χ1v) is 9.09. The van der Waals surface area contributed by atoms with Crippen LogP contribution in [-0.4, -0.2) is 0 Å². The van der Waals surface area contributed by atoms with Gasteiger partial charge in [0.15, 0.2) is 0 Å². The Bertz CT molecular complexity index is 457.